The van der Waals surface area contributed by atoms with Crippen LogP contribution in [0, 0.1) is 12.7 Å². The van der Waals surface area contributed by atoms with Crippen molar-refractivity contribution in [2.24, 2.45) is 0 Å². The molecule has 8 nitrogen and oxygen atoms in total. The normalized spacial score (nSPS) is 15.9. The van der Waals surface area contributed by atoms with E-state index in [2.05, 4.69) is 15.4 Å². The summed E-state index contributed by atoms with van der Waals surface area (Å²) in [6.07, 6.45) is 2.43. The van der Waals surface area contributed by atoms with E-state index in [0.717, 1.165) is 16.7 Å². The molecule has 0 spiro atoms. The lowest BCUT2D eigenvalue weighted by Gasteiger charge is -2.23. The molecule has 5 rings (SSSR count). The molecule has 0 bridgehead atoms. The van der Waals surface area contributed by atoms with Crippen molar-refractivity contribution >= 4 is 23.3 Å². The van der Waals surface area contributed by atoms with Gasteiger partial charge in [-0.25, -0.2) is 13.7 Å². The van der Waals surface area contributed by atoms with Crippen LogP contribution in [-0.4, -0.2) is 32.3 Å². The molecule has 3 heterocycles. The van der Waals surface area contributed by atoms with Crippen LogP contribution in [0.1, 0.15) is 23.6 Å². The van der Waals surface area contributed by atoms with E-state index in [9.17, 15) is 9.18 Å². The van der Waals surface area contributed by atoms with Crippen molar-refractivity contribution < 1.29 is 14.0 Å². The number of fused-ring (bicyclic) bond motifs is 1. The maximum atomic E-state index is 13.7. The first-order valence-corrected chi connectivity index (χ1v) is 10.2. The lowest BCUT2D eigenvalue weighted by Crippen LogP contribution is -2.33. The second-order valence-corrected chi connectivity index (χ2v) is 7.67. The van der Waals surface area contributed by atoms with Crippen LogP contribution in [0.5, 0.6) is 0 Å². The number of hydrogen-bond donors (Lipinski definition) is 2. The van der Waals surface area contributed by atoms with Gasteiger partial charge in [-0.2, -0.15) is 10.0 Å². The van der Waals surface area contributed by atoms with E-state index in [1.165, 1.54) is 17.2 Å². The number of nitrogens with two attached hydrogens (primary N) is 1. The van der Waals surface area contributed by atoms with Gasteiger partial charge in [-0.1, -0.05) is 24.3 Å². The van der Waals surface area contributed by atoms with Crippen molar-refractivity contribution in [1.82, 2.24) is 19.7 Å². The van der Waals surface area contributed by atoms with Crippen molar-refractivity contribution in [3.05, 3.63) is 77.7 Å². The maximum absolute atomic E-state index is 13.7. The number of nitrogens with zero attached hydrogens (tertiary/aromatic N) is 4. The van der Waals surface area contributed by atoms with E-state index in [1.54, 1.807) is 16.6 Å². The third kappa shape index (κ3) is 3.74. The molecule has 9 heteroatoms. The number of carbonyl (C=O) groups is 1. The second kappa shape index (κ2) is 7.93. The van der Waals surface area contributed by atoms with Gasteiger partial charge in [0.2, 0.25) is 5.95 Å². The molecule has 162 valence electrons. The molecule has 1 aliphatic rings. The summed E-state index contributed by atoms with van der Waals surface area (Å²) in [5, 5.41) is 8.36. The van der Waals surface area contributed by atoms with E-state index in [-0.39, 0.29) is 17.8 Å². The molecule has 4 aromatic rings. The summed E-state index contributed by atoms with van der Waals surface area (Å²) in [7, 11) is 0. The summed E-state index contributed by atoms with van der Waals surface area (Å²) in [6.45, 7) is 2.30. The molecule has 1 aliphatic heterocycles. The summed E-state index contributed by atoms with van der Waals surface area (Å²) in [5.74, 6) is -0.137. The molecule has 0 radical (unpaired) electrons. The molecule has 1 fully saturated rings. The summed E-state index contributed by atoms with van der Waals surface area (Å²) in [5.41, 5.74) is 10.4. The fourth-order valence-corrected chi connectivity index (χ4v) is 3.86. The van der Waals surface area contributed by atoms with Crippen molar-refractivity contribution in [3.63, 3.8) is 0 Å². The van der Waals surface area contributed by atoms with Crippen molar-refractivity contribution in [3.8, 4) is 11.1 Å². The lowest BCUT2D eigenvalue weighted by molar-refractivity contribution is -0.0830. The van der Waals surface area contributed by atoms with Crippen LogP contribution in [0.4, 0.5) is 20.8 Å². The number of pyridine rings is 1. The first-order chi connectivity index (χ1) is 15.5. The minimum Gasteiger partial charge on any atom is -0.366 e. The highest BCUT2D eigenvalue weighted by Crippen LogP contribution is 2.32. The number of benzene rings is 2. The number of hydrogen-bond acceptors (Lipinski definition) is 5. The minimum absolute atomic E-state index is 0.206. The standard InChI is InChI=1S/C23H21FN6O2/c1-14-5-6-15(17-7-8-21-27-22(25)28-29(21)13-17)12-19(14)26-23(31)30-20(9-10-32-30)16-3-2-4-18(24)11-16/h2-8,11-13,20H,9-10H2,1H3,(H2,25,28)(H,26,31). The molecule has 1 unspecified atom stereocenters. The predicted molar refractivity (Wildman–Crippen MR) is 118 cm³/mol. The molecule has 0 aliphatic carbocycles. The van der Waals surface area contributed by atoms with Gasteiger partial charge in [-0.15, -0.1) is 5.10 Å². The lowest BCUT2D eigenvalue weighted by atomic mass is 10.0. The highest BCUT2D eigenvalue weighted by Gasteiger charge is 2.32. The molecule has 0 saturated carbocycles. The minimum atomic E-state index is -0.406. The number of aromatic nitrogens is 3. The number of hydroxylamine groups is 2. The fraction of sp³-hybridized carbons (Fsp3) is 0.174. The quantitative estimate of drug-likeness (QED) is 0.502. The first-order valence-electron chi connectivity index (χ1n) is 10.2. The van der Waals surface area contributed by atoms with Crippen LogP contribution >= 0.6 is 0 Å². The predicted octanol–water partition coefficient (Wildman–Crippen LogP) is 4.34. The Morgan fingerprint density at radius 1 is 1.19 bits per heavy atom. The molecule has 32 heavy (non-hydrogen) atoms. The largest absolute Gasteiger partial charge is 0.366 e. The zero-order valence-electron chi connectivity index (χ0n) is 17.3. The van der Waals surface area contributed by atoms with Gasteiger partial charge in [0.15, 0.2) is 5.65 Å². The van der Waals surface area contributed by atoms with Crippen molar-refractivity contribution in [2.75, 3.05) is 17.7 Å². The Morgan fingerprint density at radius 3 is 2.88 bits per heavy atom. The molecule has 1 saturated heterocycles. The van der Waals surface area contributed by atoms with Crippen LogP contribution in [0.2, 0.25) is 0 Å². The van der Waals surface area contributed by atoms with Crippen LogP contribution in [0.3, 0.4) is 0 Å². The monoisotopic (exact) mass is 432 g/mol. The Bertz CT molecular complexity index is 1320. The molecule has 2 amide bonds. The third-order valence-electron chi connectivity index (χ3n) is 5.50. The van der Waals surface area contributed by atoms with Crippen LogP contribution in [0.15, 0.2) is 60.8 Å². The van der Waals surface area contributed by atoms with Crippen LogP contribution in [-0.2, 0) is 4.84 Å². The van der Waals surface area contributed by atoms with Crippen molar-refractivity contribution in [1.29, 1.82) is 0 Å². The van der Waals surface area contributed by atoms with Crippen molar-refractivity contribution in [2.45, 2.75) is 19.4 Å². The SMILES string of the molecule is Cc1ccc(-c2ccc3nc(N)nn3c2)cc1NC(=O)N1OCCC1c1cccc(F)c1. The van der Waals surface area contributed by atoms with Gasteiger partial charge in [-0.3, -0.25) is 4.84 Å². The highest BCUT2D eigenvalue weighted by atomic mass is 19.1. The fourth-order valence-electron chi connectivity index (χ4n) is 3.86. The number of carbonyl (C=O) groups excluding carboxylic acids is 1. The summed E-state index contributed by atoms with van der Waals surface area (Å²) < 4.78 is 15.3. The third-order valence-corrected chi connectivity index (χ3v) is 5.50. The Morgan fingerprint density at radius 2 is 2.03 bits per heavy atom. The number of nitrogens with one attached hydrogen (secondary N) is 1. The molecule has 1 atom stereocenters. The maximum Gasteiger partial charge on any atom is 0.346 e. The van der Waals surface area contributed by atoms with Gasteiger partial charge in [0.1, 0.15) is 5.82 Å². The summed E-state index contributed by atoms with van der Waals surface area (Å²) in [6, 6.07) is 15.0. The van der Waals surface area contributed by atoms with Crippen LogP contribution in [0.25, 0.3) is 16.8 Å². The Balaban J connectivity index is 1.40. The number of rotatable bonds is 3. The smallest absolute Gasteiger partial charge is 0.346 e. The number of amides is 2. The van der Waals surface area contributed by atoms with E-state index in [1.807, 2.05) is 43.5 Å². The second-order valence-electron chi connectivity index (χ2n) is 7.67. The number of nitrogen functional groups attached to an aromatic ring is 1. The van der Waals surface area contributed by atoms with Crippen LogP contribution < -0.4 is 11.1 Å². The summed E-state index contributed by atoms with van der Waals surface area (Å²) >= 11 is 0. The average Bonchev–Trinajstić information content (AvgIpc) is 3.40. The van der Waals surface area contributed by atoms with Gasteiger partial charge in [0, 0.05) is 23.9 Å². The van der Waals surface area contributed by atoms with E-state index in [0.29, 0.717) is 29.9 Å². The highest BCUT2D eigenvalue weighted by molar-refractivity contribution is 5.91. The summed E-state index contributed by atoms with van der Waals surface area (Å²) in [4.78, 5) is 22.7. The average molecular weight is 432 g/mol. The van der Waals surface area contributed by atoms with Gasteiger partial charge in [-0.05, 0) is 53.9 Å². The zero-order chi connectivity index (χ0) is 22.2. The van der Waals surface area contributed by atoms with E-state index < -0.39 is 6.03 Å². The first kappa shape index (κ1) is 20.0. The number of anilines is 2. The molecule has 3 N–H and O–H groups in total. The van der Waals surface area contributed by atoms with E-state index in [4.69, 9.17) is 10.6 Å². The van der Waals surface area contributed by atoms with Gasteiger partial charge < -0.3 is 11.1 Å². The molecule has 2 aromatic heterocycles. The molecular formula is C23H21FN6O2. The van der Waals surface area contributed by atoms with Gasteiger partial charge in [0.05, 0.1) is 12.6 Å². The Labute approximate surface area is 183 Å². The topological polar surface area (TPSA) is 97.8 Å². The van der Waals surface area contributed by atoms with E-state index >= 15 is 0 Å². The number of aryl methyl sites for hydroxylation is 1. The Kier molecular flexibility index (Phi) is 4.95. The number of urea groups is 1. The molecule has 2 aromatic carbocycles. The van der Waals surface area contributed by atoms with Gasteiger partial charge >= 0.3 is 6.03 Å². The zero-order valence-corrected chi connectivity index (χ0v) is 17.3. The number of halogens is 1. The Hall–Kier alpha value is -3.98. The molecular weight excluding hydrogens is 411 g/mol. The van der Waals surface area contributed by atoms with Gasteiger partial charge in [0.25, 0.3) is 0 Å².